The van der Waals surface area contributed by atoms with E-state index < -0.39 is 28.5 Å². The summed E-state index contributed by atoms with van der Waals surface area (Å²) >= 11 is 0. The third-order valence-electron chi connectivity index (χ3n) is 4.48. The molecule has 7 heteroatoms. The lowest BCUT2D eigenvalue weighted by Gasteiger charge is -2.17. The Balaban J connectivity index is 2.91. The van der Waals surface area contributed by atoms with E-state index in [1.54, 1.807) is 6.92 Å². The molecule has 2 aromatic rings. The third kappa shape index (κ3) is 3.29. The van der Waals surface area contributed by atoms with Gasteiger partial charge in [0.15, 0.2) is 22.9 Å². The molecule has 0 spiro atoms. The highest BCUT2D eigenvalue weighted by molar-refractivity contribution is 6.04. The molecular formula is C19H25N3O4. The van der Waals surface area contributed by atoms with Crippen molar-refractivity contribution in [3.05, 3.63) is 27.6 Å². The summed E-state index contributed by atoms with van der Waals surface area (Å²) < 4.78 is 0. The number of allylic oxidation sites excluding steroid dienone is 2. The van der Waals surface area contributed by atoms with Crippen LogP contribution < -0.4 is 5.56 Å². The highest BCUT2D eigenvalue weighted by atomic mass is 16.3. The zero-order valence-corrected chi connectivity index (χ0v) is 15.6. The fraction of sp³-hybridized carbons (Fsp3) is 0.421. The quantitative estimate of drug-likeness (QED) is 0.301. The van der Waals surface area contributed by atoms with Gasteiger partial charge in [0.2, 0.25) is 0 Å². The first-order valence-electron chi connectivity index (χ1n) is 8.49. The molecule has 1 heterocycles. The Kier molecular flexibility index (Phi) is 5.39. The Morgan fingerprint density at radius 3 is 2.35 bits per heavy atom. The van der Waals surface area contributed by atoms with Gasteiger partial charge < -0.3 is 20.3 Å². The van der Waals surface area contributed by atoms with Crippen LogP contribution in [0.3, 0.4) is 0 Å². The maximum Gasteiger partial charge on any atom is 0.252 e. The van der Waals surface area contributed by atoms with Crippen molar-refractivity contribution in [1.82, 2.24) is 4.98 Å². The largest absolute Gasteiger partial charge is 0.505 e. The Morgan fingerprint density at radius 2 is 1.81 bits per heavy atom. The molecule has 1 unspecified atom stereocenters. The van der Waals surface area contributed by atoms with Crippen molar-refractivity contribution in [1.29, 1.82) is 5.53 Å². The van der Waals surface area contributed by atoms with Gasteiger partial charge in [-0.15, -0.1) is 0 Å². The number of nitrogens with one attached hydrogen (secondary N) is 2. The zero-order chi connectivity index (χ0) is 19.8. The first-order chi connectivity index (χ1) is 12.1. The molecule has 0 amide bonds. The zero-order valence-electron chi connectivity index (χ0n) is 15.6. The molecule has 1 atom stereocenters. The molecule has 0 aliphatic carbocycles. The Labute approximate surface area is 151 Å². The summed E-state index contributed by atoms with van der Waals surface area (Å²) in [5, 5.41) is 34.0. The fourth-order valence-electron chi connectivity index (χ4n) is 3.49. The molecule has 26 heavy (non-hydrogen) atoms. The van der Waals surface area contributed by atoms with Crippen LogP contribution in [-0.2, 0) is 0 Å². The molecule has 140 valence electrons. The molecule has 0 saturated carbocycles. The van der Waals surface area contributed by atoms with Gasteiger partial charge in [-0.25, -0.2) is 5.53 Å². The summed E-state index contributed by atoms with van der Waals surface area (Å²) in [6.07, 6.45) is 2.98. The molecule has 0 saturated heterocycles. The second kappa shape index (κ2) is 7.19. The average Bonchev–Trinajstić information content (AvgIpc) is 2.54. The smallest absolute Gasteiger partial charge is 0.252 e. The van der Waals surface area contributed by atoms with Gasteiger partial charge in [0.05, 0.1) is 10.9 Å². The number of benzene rings is 1. The number of hydrogen-bond donors (Lipinski definition) is 5. The van der Waals surface area contributed by atoms with Crippen molar-refractivity contribution < 1.29 is 15.3 Å². The molecule has 0 aliphatic rings. The van der Waals surface area contributed by atoms with E-state index in [9.17, 15) is 20.1 Å². The monoisotopic (exact) mass is 359 g/mol. The van der Waals surface area contributed by atoms with Crippen LogP contribution >= 0.6 is 0 Å². The first-order valence-corrected chi connectivity index (χ1v) is 8.49. The van der Waals surface area contributed by atoms with Crippen LogP contribution in [0.25, 0.3) is 16.5 Å². The minimum absolute atomic E-state index is 0.0812. The second-order valence-electron chi connectivity index (χ2n) is 7.17. The summed E-state index contributed by atoms with van der Waals surface area (Å²) in [7, 11) is 0. The third-order valence-corrected chi connectivity index (χ3v) is 4.48. The molecule has 0 aliphatic heterocycles. The number of H-pyrrole nitrogens is 1. The topological polar surface area (TPSA) is 130 Å². The van der Waals surface area contributed by atoms with E-state index in [-0.39, 0.29) is 16.8 Å². The van der Waals surface area contributed by atoms with E-state index >= 15 is 0 Å². The summed E-state index contributed by atoms with van der Waals surface area (Å²) in [5.74, 6) is -1.06. The van der Waals surface area contributed by atoms with Crippen LogP contribution in [0.4, 0.5) is 5.69 Å². The van der Waals surface area contributed by atoms with Crippen molar-refractivity contribution in [2.24, 2.45) is 17.0 Å². The van der Waals surface area contributed by atoms with Gasteiger partial charge in [-0.2, -0.15) is 5.11 Å². The molecule has 2 rings (SSSR count). The number of aromatic hydroxyl groups is 3. The minimum atomic E-state index is -0.745. The van der Waals surface area contributed by atoms with Crippen LogP contribution in [-0.4, -0.2) is 20.3 Å². The predicted molar refractivity (Wildman–Crippen MR) is 101 cm³/mol. The van der Waals surface area contributed by atoms with Crippen molar-refractivity contribution in [2.75, 3.05) is 0 Å². The number of phenolic OH excluding ortho intramolecular Hbond substituents is 3. The van der Waals surface area contributed by atoms with Gasteiger partial charge >= 0.3 is 0 Å². The average molecular weight is 359 g/mol. The lowest BCUT2D eigenvalue weighted by Crippen LogP contribution is -2.13. The van der Waals surface area contributed by atoms with Crippen LogP contribution in [0.15, 0.2) is 16.0 Å². The lowest BCUT2D eigenvalue weighted by molar-refractivity contribution is 0.402. The Bertz CT molecular complexity index is 958. The van der Waals surface area contributed by atoms with Crippen LogP contribution in [0, 0.1) is 24.3 Å². The van der Waals surface area contributed by atoms with Crippen molar-refractivity contribution >= 4 is 22.2 Å². The Hall–Kier alpha value is -2.83. The van der Waals surface area contributed by atoms with E-state index in [0.717, 1.165) is 12.0 Å². The standard InChI is InChI=1S/C19H25N3O4/c1-8(2)6-9(3)7-10(4)12-11(5)19(26)21-14-13(12)16(23)15(22-20)18(25)17(14)24/h7-9,20,23-25H,6H2,1-5H3,(H,21,26). The maximum atomic E-state index is 12.3. The van der Waals surface area contributed by atoms with Crippen LogP contribution in [0.1, 0.15) is 45.2 Å². The highest BCUT2D eigenvalue weighted by Crippen LogP contribution is 2.50. The van der Waals surface area contributed by atoms with E-state index in [1.165, 1.54) is 0 Å². The van der Waals surface area contributed by atoms with E-state index in [1.807, 2.05) is 13.0 Å². The minimum Gasteiger partial charge on any atom is -0.505 e. The highest BCUT2D eigenvalue weighted by Gasteiger charge is 2.24. The van der Waals surface area contributed by atoms with E-state index in [4.69, 9.17) is 5.53 Å². The molecule has 1 aromatic heterocycles. The molecule has 0 fully saturated rings. The van der Waals surface area contributed by atoms with E-state index in [2.05, 4.69) is 30.9 Å². The number of aromatic amines is 1. The molecule has 7 nitrogen and oxygen atoms in total. The number of pyridine rings is 1. The molecule has 0 radical (unpaired) electrons. The van der Waals surface area contributed by atoms with Gasteiger partial charge in [-0.05, 0) is 43.2 Å². The summed E-state index contributed by atoms with van der Waals surface area (Å²) in [6.45, 7) is 9.78. The van der Waals surface area contributed by atoms with Gasteiger partial charge in [0, 0.05) is 5.56 Å². The lowest BCUT2D eigenvalue weighted by atomic mass is 9.91. The Morgan fingerprint density at radius 1 is 1.19 bits per heavy atom. The predicted octanol–water partition coefficient (Wildman–Crippen LogP) is 4.70. The molecule has 1 aromatic carbocycles. The van der Waals surface area contributed by atoms with Gasteiger partial charge in [-0.3, -0.25) is 4.79 Å². The molecular weight excluding hydrogens is 334 g/mol. The van der Waals surface area contributed by atoms with Crippen molar-refractivity contribution in [2.45, 2.75) is 41.0 Å². The number of fused-ring (bicyclic) bond motifs is 1. The number of aromatic nitrogens is 1. The van der Waals surface area contributed by atoms with Gasteiger partial charge in [0.25, 0.3) is 5.56 Å². The summed E-state index contributed by atoms with van der Waals surface area (Å²) in [4.78, 5) is 14.8. The summed E-state index contributed by atoms with van der Waals surface area (Å²) in [6, 6.07) is 0. The van der Waals surface area contributed by atoms with Crippen LogP contribution in [0.5, 0.6) is 17.2 Å². The second-order valence-corrected chi connectivity index (χ2v) is 7.17. The number of nitrogens with zero attached hydrogens (tertiary/aromatic N) is 1. The summed E-state index contributed by atoms with van der Waals surface area (Å²) in [5.41, 5.74) is 7.83. The van der Waals surface area contributed by atoms with E-state index in [0.29, 0.717) is 17.0 Å². The van der Waals surface area contributed by atoms with Gasteiger partial charge in [0.1, 0.15) is 0 Å². The number of hydrogen-bond acceptors (Lipinski definition) is 6. The number of rotatable bonds is 5. The molecule has 5 N–H and O–H groups in total. The normalized spacial score (nSPS) is 13.4. The molecule has 0 bridgehead atoms. The van der Waals surface area contributed by atoms with Crippen LogP contribution in [0.2, 0.25) is 0 Å². The first kappa shape index (κ1) is 19.5. The van der Waals surface area contributed by atoms with Crippen molar-refractivity contribution in [3.63, 3.8) is 0 Å². The maximum absolute atomic E-state index is 12.3. The fourth-order valence-corrected chi connectivity index (χ4v) is 3.49. The van der Waals surface area contributed by atoms with Gasteiger partial charge in [-0.1, -0.05) is 26.8 Å². The SMILES string of the molecule is CC(=CC(C)CC(C)C)c1c(C)c(=O)[nH]c2c(O)c(O)c(N=N)c(O)c12. The number of phenols is 3. The van der Waals surface area contributed by atoms with Crippen molar-refractivity contribution in [3.8, 4) is 17.2 Å².